The summed E-state index contributed by atoms with van der Waals surface area (Å²) in [5, 5.41) is 0. The number of nitrogens with zero attached hydrogens (tertiary/aromatic N) is 1. The second-order valence-corrected chi connectivity index (χ2v) is 4.24. The molecule has 0 spiro atoms. The number of carbonyl (C=O) groups is 1. The smallest absolute Gasteiger partial charge is 0.383 e. The molecule has 1 amide bonds. The highest BCUT2D eigenvalue weighted by atomic mass is 19.4. The van der Waals surface area contributed by atoms with Crippen molar-refractivity contribution < 1.29 is 27.1 Å². The van der Waals surface area contributed by atoms with Crippen LogP contribution in [0.5, 0.6) is 0 Å². The normalized spacial score (nSPS) is 11.5. The highest BCUT2D eigenvalue weighted by Crippen LogP contribution is 2.32. The summed E-state index contributed by atoms with van der Waals surface area (Å²) < 4.78 is 56.6. The number of ether oxygens (including phenoxy) is 1. The third kappa shape index (κ3) is 4.40. The van der Waals surface area contributed by atoms with Crippen LogP contribution in [0.25, 0.3) is 0 Å². The van der Waals surface area contributed by atoms with Crippen LogP contribution in [0.4, 0.5) is 17.6 Å². The molecule has 0 heterocycles. The maximum atomic E-state index is 13.9. The maximum Gasteiger partial charge on any atom is 0.419 e. The van der Waals surface area contributed by atoms with Gasteiger partial charge < -0.3 is 15.4 Å². The van der Waals surface area contributed by atoms with Crippen molar-refractivity contribution in [3.8, 4) is 0 Å². The summed E-state index contributed by atoms with van der Waals surface area (Å²) in [6, 6.07) is 2.61. The molecule has 1 aromatic carbocycles. The summed E-state index contributed by atoms with van der Waals surface area (Å²) >= 11 is 0. The first kappa shape index (κ1) is 17.4. The van der Waals surface area contributed by atoms with E-state index in [4.69, 9.17) is 10.5 Å². The molecule has 8 heteroatoms. The lowest BCUT2D eigenvalue weighted by Gasteiger charge is -2.22. The summed E-state index contributed by atoms with van der Waals surface area (Å²) in [5.41, 5.74) is 3.25. The van der Waals surface area contributed by atoms with Crippen LogP contribution in [-0.4, -0.2) is 44.2 Å². The molecule has 0 aliphatic carbocycles. The molecular weight excluding hydrogens is 292 g/mol. The summed E-state index contributed by atoms with van der Waals surface area (Å²) in [6.07, 6.45) is -4.86. The summed E-state index contributed by atoms with van der Waals surface area (Å²) in [7, 11) is 1.41. The predicted molar refractivity (Wildman–Crippen MR) is 68.2 cm³/mol. The number of benzene rings is 1. The van der Waals surface area contributed by atoms with Gasteiger partial charge in [0, 0.05) is 26.7 Å². The molecule has 0 aliphatic rings. The molecule has 118 valence electrons. The second kappa shape index (κ2) is 7.37. The fourth-order valence-electron chi connectivity index (χ4n) is 1.76. The number of methoxy groups -OCH3 is 1. The Kier molecular flexibility index (Phi) is 6.10. The quantitative estimate of drug-likeness (QED) is 0.817. The van der Waals surface area contributed by atoms with Crippen molar-refractivity contribution in [2.75, 3.05) is 33.4 Å². The number of carbonyl (C=O) groups excluding carboxylic acids is 1. The Bertz CT molecular complexity index is 492. The third-order valence-electron chi connectivity index (χ3n) is 2.79. The number of amides is 1. The molecule has 0 radical (unpaired) electrons. The Morgan fingerprint density at radius 3 is 2.52 bits per heavy atom. The van der Waals surface area contributed by atoms with Crippen LogP contribution in [0.1, 0.15) is 15.9 Å². The van der Waals surface area contributed by atoms with Gasteiger partial charge in [-0.2, -0.15) is 13.2 Å². The average Bonchev–Trinajstić information content (AvgIpc) is 2.41. The van der Waals surface area contributed by atoms with E-state index in [2.05, 4.69) is 0 Å². The average molecular weight is 308 g/mol. The summed E-state index contributed by atoms with van der Waals surface area (Å²) in [6.45, 7) is 0.489. The Balaban J connectivity index is 3.10. The first-order chi connectivity index (χ1) is 9.82. The van der Waals surface area contributed by atoms with Crippen molar-refractivity contribution in [3.05, 3.63) is 35.1 Å². The molecule has 0 aromatic heterocycles. The second-order valence-electron chi connectivity index (χ2n) is 4.24. The van der Waals surface area contributed by atoms with Crippen LogP contribution in [0, 0.1) is 5.82 Å². The first-order valence-electron chi connectivity index (χ1n) is 6.17. The molecule has 21 heavy (non-hydrogen) atoms. The number of hydrogen-bond donors (Lipinski definition) is 1. The van der Waals surface area contributed by atoms with Gasteiger partial charge in [0.2, 0.25) is 0 Å². The number of hydrogen-bond acceptors (Lipinski definition) is 3. The van der Waals surface area contributed by atoms with E-state index in [-0.39, 0.29) is 26.2 Å². The number of halogens is 4. The Morgan fingerprint density at radius 2 is 2.00 bits per heavy atom. The fourth-order valence-corrected chi connectivity index (χ4v) is 1.76. The van der Waals surface area contributed by atoms with Crippen LogP contribution in [0.15, 0.2) is 18.2 Å². The molecule has 0 fully saturated rings. The topological polar surface area (TPSA) is 55.6 Å². The third-order valence-corrected chi connectivity index (χ3v) is 2.79. The lowest BCUT2D eigenvalue weighted by atomic mass is 10.1. The molecule has 0 bridgehead atoms. The van der Waals surface area contributed by atoms with Crippen LogP contribution in [0.3, 0.4) is 0 Å². The number of alkyl halides is 3. The number of nitrogens with two attached hydrogens (primary N) is 1. The van der Waals surface area contributed by atoms with E-state index in [9.17, 15) is 22.4 Å². The van der Waals surface area contributed by atoms with Crippen LogP contribution < -0.4 is 5.73 Å². The van der Waals surface area contributed by atoms with Crippen LogP contribution in [-0.2, 0) is 10.9 Å². The van der Waals surface area contributed by atoms with Crippen molar-refractivity contribution in [2.24, 2.45) is 5.73 Å². The Labute approximate surface area is 119 Å². The van der Waals surface area contributed by atoms with Crippen molar-refractivity contribution in [1.29, 1.82) is 0 Å². The molecule has 1 aromatic rings. The Morgan fingerprint density at radius 1 is 1.33 bits per heavy atom. The first-order valence-corrected chi connectivity index (χ1v) is 6.17. The minimum Gasteiger partial charge on any atom is -0.383 e. The minimum absolute atomic E-state index is 0.0951. The Hall–Kier alpha value is -1.67. The maximum absolute atomic E-state index is 13.9. The highest BCUT2D eigenvalue weighted by Gasteiger charge is 2.36. The van der Waals surface area contributed by atoms with Gasteiger partial charge in [0.1, 0.15) is 5.82 Å². The van der Waals surface area contributed by atoms with E-state index in [1.54, 1.807) is 0 Å². The predicted octanol–water partition coefficient (Wildman–Crippen LogP) is 1.89. The lowest BCUT2D eigenvalue weighted by Crippen LogP contribution is -2.38. The van der Waals surface area contributed by atoms with E-state index in [1.165, 1.54) is 7.11 Å². The highest BCUT2D eigenvalue weighted by molar-refractivity contribution is 5.94. The van der Waals surface area contributed by atoms with Gasteiger partial charge in [0.05, 0.1) is 17.7 Å². The largest absolute Gasteiger partial charge is 0.419 e. The monoisotopic (exact) mass is 308 g/mol. The van der Waals surface area contributed by atoms with Crippen molar-refractivity contribution in [2.45, 2.75) is 6.18 Å². The SMILES string of the molecule is COCCN(CCN)C(=O)c1cccc(C(F)(F)F)c1F. The van der Waals surface area contributed by atoms with Gasteiger partial charge in [-0.3, -0.25) is 4.79 Å². The van der Waals surface area contributed by atoms with Crippen LogP contribution in [0.2, 0.25) is 0 Å². The van der Waals surface area contributed by atoms with Gasteiger partial charge in [-0.05, 0) is 12.1 Å². The van der Waals surface area contributed by atoms with Crippen molar-refractivity contribution in [1.82, 2.24) is 4.90 Å². The van der Waals surface area contributed by atoms with E-state index >= 15 is 0 Å². The minimum atomic E-state index is -4.86. The zero-order valence-electron chi connectivity index (χ0n) is 11.4. The molecule has 0 aliphatic heterocycles. The van der Waals surface area contributed by atoms with Gasteiger partial charge in [-0.1, -0.05) is 6.07 Å². The standard InChI is InChI=1S/C13H16F4N2O2/c1-21-8-7-19(6-5-18)12(20)9-3-2-4-10(11(9)14)13(15,16)17/h2-4H,5-8,18H2,1H3. The van der Waals surface area contributed by atoms with E-state index < -0.39 is 29.0 Å². The van der Waals surface area contributed by atoms with E-state index in [0.29, 0.717) is 6.07 Å². The molecule has 0 saturated carbocycles. The van der Waals surface area contributed by atoms with Gasteiger partial charge in [-0.25, -0.2) is 4.39 Å². The van der Waals surface area contributed by atoms with Gasteiger partial charge in [-0.15, -0.1) is 0 Å². The molecule has 2 N–H and O–H groups in total. The molecule has 0 saturated heterocycles. The van der Waals surface area contributed by atoms with Crippen molar-refractivity contribution >= 4 is 5.91 Å². The van der Waals surface area contributed by atoms with Crippen LogP contribution >= 0.6 is 0 Å². The number of rotatable bonds is 6. The fraction of sp³-hybridized carbons (Fsp3) is 0.462. The lowest BCUT2D eigenvalue weighted by molar-refractivity contribution is -0.140. The zero-order chi connectivity index (χ0) is 16.0. The van der Waals surface area contributed by atoms with Gasteiger partial charge in [0.15, 0.2) is 0 Å². The molecule has 0 atom stereocenters. The molecule has 4 nitrogen and oxygen atoms in total. The van der Waals surface area contributed by atoms with Crippen molar-refractivity contribution in [3.63, 3.8) is 0 Å². The van der Waals surface area contributed by atoms with E-state index in [0.717, 1.165) is 17.0 Å². The zero-order valence-corrected chi connectivity index (χ0v) is 11.4. The molecular formula is C13H16F4N2O2. The van der Waals surface area contributed by atoms with E-state index in [1.807, 2.05) is 0 Å². The summed E-state index contributed by atoms with van der Waals surface area (Å²) in [5.74, 6) is -2.42. The molecule has 1 rings (SSSR count). The van der Waals surface area contributed by atoms with Gasteiger partial charge >= 0.3 is 6.18 Å². The summed E-state index contributed by atoms with van der Waals surface area (Å²) in [4.78, 5) is 13.3. The molecule has 0 unspecified atom stereocenters. The van der Waals surface area contributed by atoms with Gasteiger partial charge in [0.25, 0.3) is 5.91 Å².